The van der Waals surface area contributed by atoms with Gasteiger partial charge in [0, 0.05) is 36.1 Å². The van der Waals surface area contributed by atoms with Crippen molar-refractivity contribution in [2.75, 3.05) is 31.2 Å². The molecule has 3 aromatic heterocycles. The molecule has 0 saturated carbocycles. The van der Waals surface area contributed by atoms with Crippen molar-refractivity contribution < 1.29 is 14.2 Å². The van der Waals surface area contributed by atoms with Crippen LogP contribution in [0.15, 0.2) is 30.6 Å². The summed E-state index contributed by atoms with van der Waals surface area (Å²) < 4.78 is 20.3. The molecule has 0 unspecified atom stereocenters. The van der Waals surface area contributed by atoms with Crippen LogP contribution in [0.5, 0.6) is 5.75 Å². The van der Waals surface area contributed by atoms with Crippen molar-refractivity contribution in [2.45, 2.75) is 39.1 Å². The molecule has 2 fully saturated rings. The van der Waals surface area contributed by atoms with Crippen LogP contribution < -0.4 is 9.64 Å². The third kappa shape index (κ3) is 3.42. The number of nitrogens with zero attached hydrogens (tertiary/aromatic N) is 5. The Bertz CT molecular complexity index is 1000. The maximum Gasteiger partial charge on any atom is 0.157 e. The van der Waals surface area contributed by atoms with Crippen molar-refractivity contribution in [3.8, 4) is 5.75 Å². The van der Waals surface area contributed by atoms with Crippen molar-refractivity contribution in [1.82, 2.24) is 19.6 Å². The lowest BCUT2D eigenvalue weighted by Gasteiger charge is -2.23. The molecule has 8 heteroatoms. The summed E-state index contributed by atoms with van der Waals surface area (Å²) in [7, 11) is 0. The van der Waals surface area contributed by atoms with Gasteiger partial charge >= 0.3 is 0 Å². The van der Waals surface area contributed by atoms with Gasteiger partial charge in [-0.25, -0.2) is 4.98 Å². The van der Waals surface area contributed by atoms with Crippen LogP contribution in [0.25, 0.3) is 5.65 Å². The fourth-order valence-electron chi connectivity index (χ4n) is 4.02. The van der Waals surface area contributed by atoms with Crippen LogP contribution in [-0.4, -0.2) is 64.2 Å². The molecule has 2 aliphatic heterocycles. The normalized spacial score (nSPS) is 22.7. The van der Waals surface area contributed by atoms with Crippen LogP contribution in [0, 0.1) is 20.8 Å². The fourth-order valence-corrected chi connectivity index (χ4v) is 4.02. The maximum atomic E-state index is 6.19. The molecule has 0 amide bonds. The minimum atomic E-state index is -0.138. The second-order valence-electron chi connectivity index (χ2n) is 7.77. The maximum absolute atomic E-state index is 6.19. The molecule has 3 aromatic rings. The second-order valence-corrected chi connectivity index (χ2v) is 7.77. The van der Waals surface area contributed by atoms with Crippen molar-refractivity contribution in [2.24, 2.45) is 0 Å². The number of pyridine rings is 1. The summed E-state index contributed by atoms with van der Waals surface area (Å²) in [6.07, 6.45) is 3.39. The molecule has 0 spiro atoms. The Labute approximate surface area is 169 Å². The van der Waals surface area contributed by atoms with Gasteiger partial charge in [0.2, 0.25) is 0 Å². The molecule has 2 saturated heterocycles. The highest BCUT2D eigenvalue weighted by atomic mass is 16.6. The first kappa shape index (κ1) is 18.3. The highest BCUT2D eigenvalue weighted by Crippen LogP contribution is 2.30. The zero-order valence-electron chi connectivity index (χ0n) is 16.9. The SMILES string of the molecule is Cc1ccc(OC2CO[C@H]3CN(c4c(C)c(C)nc5ccnn45)C[C@@H]3OC2)cn1. The highest BCUT2D eigenvalue weighted by Gasteiger charge is 2.39. The van der Waals surface area contributed by atoms with Crippen molar-refractivity contribution in [1.29, 1.82) is 0 Å². The number of rotatable bonds is 3. The third-order valence-electron chi connectivity index (χ3n) is 5.68. The quantitative estimate of drug-likeness (QED) is 0.672. The summed E-state index contributed by atoms with van der Waals surface area (Å²) in [5.74, 6) is 1.81. The van der Waals surface area contributed by atoms with Crippen molar-refractivity contribution in [3.63, 3.8) is 0 Å². The molecule has 152 valence electrons. The van der Waals surface area contributed by atoms with E-state index in [-0.39, 0.29) is 18.3 Å². The van der Waals surface area contributed by atoms with E-state index in [4.69, 9.17) is 14.2 Å². The van der Waals surface area contributed by atoms with Gasteiger partial charge in [-0.05, 0) is 32.9 Å². The number of aryl methyl sites for hydroxylation is 2. The number of aromatic nitrogens is 4. The summed E-state index contributed by atoms with van der Waals surface area (Å²) in [6, 6.07) is 5.80. The summed E-state index contributed by atoms with van der Waals surface area (Å²) in [5.41, 5.74) is 3.97. The molecule has 5 heterocycles. The van der Waals surface area contributed by atoms with Gasteiger partial charge in [-0.2, -0.15) is 9.61 Å². The summed E-state index contributed by atoms with van der Waals surface area (Å²) in [5, 5.41) is 4.47. The van der Waals surface area contributed by atoms with E-state index in [1.165, 1.54) is 0 Å². The van der Waals surface area contributed by atoms with Crippen LogP contribution >= 0.6 is 0 Å². The minimum Gasteiger partial charge on any atom is -0.484 e. The molecule has 0 bridgehead atoms. The summed E-state index contributed by atoms with van der Waals surface area (Å²) in [6.45, 7) is 8.58. The predicted octanol–water partition coefficient (Wildman–Crippen LogP) is 2.10. The monoisotopic (exact) mass is 395 g/mol. The Morgan fingerprint density at radius 1 is 1.03 bits per heavy atom. The van der Waals surface area contributed by atoms with Crippen LogP contribution in [-0.2, 0) is 9.47 Å². The lowest BCUT2D eigenvalue weighted by Crippen LogP contribution is -2.30. The standard InChI is InChI=1S/C21H25N5O3/c1-13-4-5-16(8-22-13)29-17-11-27-18-9-25(10-19(18)28-12-17)21-14(2)15(3)24-20-6-7-23-26(20)21/h4-8,17-19H,9-12H2,1-3H3/t18-,19-/m0/s1. The minimum absolute atomic E-state index is 0.00164. The van der Waals surface area contributed by atoms with E-state index >= 15 is 0 Å². The zero-order valence-corrected chi connectivity index (χ0v) is 16.9. The Kier molecular flexibility index (Phi) is 4.60. The summed E-state index contributed by atoms with van der Waals surface area (Å²) >= 11 is 0. The van der Waals surface area contributed by atoms with E-state index in [0.717, 1.165) is 47.3 Å². The second kappa shape index (κ2) is 7.27. The van der Waals surface area contributed by atoms with Crippen LogP contribution in [0.2, 0.25) is 0 Å². The third-order valence-corrected chi connectivity index (χ3v) is 5.68. The van der Waals surface area contributed by atoms with Gasteiger partial charge in [0.1, 0.15) is 29.9 Å². The smallest absolute Gasteiger partial charge is 0.157 e. The predicted molar refractivity (Wildman–Crippen MR) is 108 cm³/mol. The van der Waals surface area contributed by atoms with E-state index in [0.29, 0.717) is 13.2 Å². The average Bonchev–Trinajstić information content (AvgIpc) is 3.29. The van der Waals surface area contributed by atoms with Crippen molar-refractivity contribution in [3.05, 3.63) is 47.5 Å². The van der Waals surface area contributed by atoms with E-state index in [1.807, 2.05) is 36.6 Å². The van der Waals surface area contributed by atoms with Crippen LogP contribution in [0.3, 0.4) is 0 Å². The average molecular weight is 395 g/mol. The molecule has 5 rings (SSSR count). The Hall–Kier alpha value is -2.71. The highest BCUT2D eigenvalue weighted by molar-refractivity contribution is 5.57. The lowest BCUT2D eigenvalue weighted by molar-refractivity contribution is -0.00461. The molecule has 8 nitrogen and oxygen atoms in total. The van der Waals surface area contributed by atoms with E-state index < -0.39 is 0 Å². The first-order valence-corrected chi connectivity index (χ1v) is 9.97. The van der Waals surface area contributed by atoms with E-state index in [2.05, 4.69) is 26.9 Å². The Balaban J connectivity index is 1.30. The molecule has 0 aromatic carbocycles. The molecule has 0 N–H and O–H groups in total. The first-order chi connectivity index (χ1) is 14.1. The van der Waals surface area contributed by atoms with Gasteiger partial charge in [0.15, 0.2) is 5.65 Å². The molecule has 2 aliphatic rings. The van der Waals surface area contributed by atoms with Gasteiger partial charge in [0.05, 0.1) is 25.6 Å². The largest absolute Gasteiger partial charge is 0.484 e. The summed E-state index contributed by atoms with van der Waals surface area (Å²) in [4.78, 5) is 11.2. The number of anilines is 1. The molecular weight excluding hydrogens is 370 g/mol. The lowest BCUT2D eigenvalue weighted by atomic mass is 10.2. The molecular formula is C21H25N5O3. The fraction of sp³-hybridized carbons (Fsp3) is 0.476. The van der Waals surface area contributed by atoms with Gasteiger partial charge in [-0.15, -0.1) is 0 Å². The number of fused-ring (bicyclic) bond motifs is 2. The topological polar surface area (TPSA) is 74.0 Å². The van der Waals surface area contributed by atoms with E-state index in [1.54, 1.807) is 12.4 Å². The molecule has 29 heavy (non-hydrogen) atoms. The first-order valence-electron chi connectivity index (χ1n) is 9.97. The number of ether oxygens (including phenoxy) is 3. The van der Waals surface area contributed by atoms with Gasteiger partial charge in [-0.1, -0.05) is 0 Å². The van der Waals surface area contributed by atoms with Gasteiger partial charge < -0.3 is 19.1 Å². The Morgan fingerprint density at radius 3 is 2.48 bits per heavy atom. The molecule has 0 radical (unpaired) electrons. The Morgan fingerprint density at radius 2 is 1.79 bits per heavy atom. The van der Waals surface area contributed by atoms with Crippen LogP contribution in [0.1, 0.15) is 17.0 Å². The van der Waals surface area contributed by atoms with Crippen LogP contribution in [0.4, 0.5) is 5.82 Å². The number of hydrogen-bond donors (Lipinski definition) is 0. The molecule has 0 aliphatic carbocycles. The van der Waals surface area contributed by atoms with Crippen molar-refractivity contribution >= 4 is 11.5 Å². The number of hydrogen-bond acceptors (Lipinski definition) is 7. The molecule has 2 atom stereocenters. The van der Waals surface area contributed by atoms with Gasteiger partial charge in [0.25, 0.3) is 0 Å². The zero-order chi connectivity index (χ0) is 20.0. The van der Waals surface area contributed by atoms with E-state index in [9.17, 15) is 0 Å². The van der Waals surface area contributed by atoms with Gasteiger partial charge in [-0.3, -0.25) is 4.98 Å².